The molecule has 1 aromatic heterocycles. The van der Waals surface area contributed by atoms with Gasteiger partial charge in [0.25, 0.3) is 15.9 Å². The molecule has 0 saturated heterocycles. The van der Waals surface area contributed by atoms with E-state index in [9.17, 15) is 13.2 Å². The van der Waals surface area contributed by atoms with E-state index in [2.05, 4.69) is 15.0 Å². The molecule has 146 valence electrons. The quantitative estimate of drug-likeness (QED) is 0.558. The Labute approximate surface area is 172 Å². The van der Waals surface area contributed by atoms with Crippen LogP contribution in [0.1, 0.15) is 20.9 Å². The average molecular weight is 434 g/mol. The molecule has 0 aliphatic heterocycles. The van der Waals surface area contributed by atoms with Crippen LogP contribution in [0.4, 0.5) is 10.8 Å². The summed E-state index contributed by atoms with van der Waals surface area (Å²) in [4.78, 5) is 18.3. The zero-order valence-corrected chi connectivity index (χ0v) is 18.0. The van der Waals surface area contributed by atoms with Gasteiger partial charge >= 0.3 is 0 Å². The van der Waals surface area contributed by atoms with Crippen LogP contribution in [0, 0.1) is 13.8 Å². The zero-order valence-electron chi connectivity index (χ0n) is 15.5. The molecule has 9 heteroatoms. The van der Waals surface area contributed by atoms with Gasteiger partial charge in [0.15, 0.2) is 5.13 Å². The molecule has 1 amide bonds. The van der Waals surface area contributed by atoms with Crippen molar-refractivity contribution in [1.29, 1.82) is 0 Å². The number of benzene rings is 2. The van der Waals surface area contributed by atoms with Crippen LogP contribution in [-0.4, -0.2) is 25.6 Å². The number of hydrogen-bond donors (Lipinski definition) is 2. The summed E-state index contributed by atoms with van der Waals surface area (Å²) < 4.78 is 27.5. The number of anilines is 2. The maximum atomic E-state index is 12.6. The molecule has 0 unspecified atom stereocenters. The van der Waals surface area contributed by atoms with Crippen LogP contribution in [0.2, 0.25) is 0 Å². The molecule has 6 nitrogen and oxygen atoms in total. The van der Waals surface area contributed by atoms with E-state index in [1.165, 1.54) is 12.1 Å². The first-order valence-corrected chi connectivity index (χ1v) is 11.8. The van der Waals surface area contributed by atoms with Crippen LogP contribution in [0.15, 0.2) is 58.3 Å². The number of carbonyl (C=O) groups excluding carboxylic acids is 1. The number of aryl methyl sites for hydroxylation is 2. The number of hydrogen-bond acceptors (Lipinski definition) is 6. The van der Waals surface area contributed by atoms with Crippen LogP contribution in [0.5, 0.6) is 0 Å². The van der Waals surface area contributed by atoms with Crippen molar-refractivity contribution in [3.8, 4) is 0 Å². The van der Waals surface area contributed by atoms with Crippen molar-refractivity contribution in [3.63, 3.8) is 0 Å². The summed E-state index contributed by atoms with van der Waals surface area (Å²) in [6.07, 6.45) is 1.96. The molecule has 1 heterocycles. The number of amides is 1. The number of nitrogens with zero attached hydrogens (tertiary/aromatic N) is 1. The summed E-state index contributed by atoms with van der Waals surface area (Å²) in [5.41, 5.74) is 2.10. The molecule has 0 fully saturated rings. The lowest BCUT2D eigenvalue weighted by atomic mass is 10.2. The highest BCUT2D eigenvalue weighted by atomic mass is 32.2. The molecule has 0 bridgehead atoms. The second-order valence-corrected chi connectivity index (χ2v) is 9.60. The fourth-order valence-corrected chi connectivity index (χ4v) is 4.99. The average Bonchev–Trinajstić information content (AvgIpc) is 3.01. The second-order valence-electron chi connectivity index (χ2n) is 6.04. The van der Waals surface area contributed by atoms with Gasteiger partial charge in [-0.2, -0.15) is 0 Å². The number of sulfonamides is 1. The summed E-state index contributed by atoms with van der Waals surface area (Å²) in [5, 5.41) is 2.98. The van der Waals surface area contributed by atoms with Gasteiger partial charge < -0.3 is 5.32 Å². The Morgan fingerprint density at radius 3 is 2.50 bits per heavy atom. The highest BCUT2D eigenvalue weighted by Gasteiger charge is 2.20. The first-order valence-electron chi connectivity index (χ1n) is 8.31. The lowest BCUT2D eigenvalue weighted by molar-refractivity contribution is 0.103. The Hall–Kier alpha value is -2.36. The van der Waals surface area contributed by atoms with Crippen molar-refractivity contribution in [3.05, 3.63) is 64.7 Å². The molecule has 0 atom stereocenters. The Bertz CT molecular complexity index is 1110. The molecule has 0 aliphatic rings. The van der Waals surface area contributed by atoms with Crippen LogP contribution in [0.25, 0.3) is 0 Å². The third-order valence-electron chi connectivity index (χ3n) is 3.88. The topological polar surface area (TPSA) is 88.2 Å². The van der Waals surface area contributed by atoms with E-state index in [1.54, 1.807) is 36.9 Å². The smallest absolute Gasteiger partial charge is 0.267 e. The van der Waals surface area contributed by atoms with Crippen molar-refractivity contribution < 1.29 is 13.2 Å². The van der Waals surface area contributed by atoms with Gasteiger partial charge in [-0.05, 0) is 50.4 Å². The number of carbonyl (C=O) groups is 1. The summed E-state index contributed by atoms with van der Waals surface area (Å²) in [6, 6.07) is 14.0. The lowest BCUT2D eigenvalue weighted by Crippen LogP contribution is -2.12. The predicted octanol–water partition coefficient (Wildman–Crippen LogP) is 4.53. The van der Waals surface area contributed by atoms with Gasteiger partial charge in [-0.25, -0.2) is 13.4 Å². The van der Waals surface area contributed by atoms with Crippen LogP contribution in [-0.2, 0) is 10.0 Å². The van der Waals surface area contributed by atoms with Crippen LogP contribution >= 0.6 is 23.1 Å². The summed E-state index contributed by atoms with van der Waals surface area (Å²) in [5.74, 6) is -0.325. The monoisotopic (exact) mass is 433 g/mol. The molecule has 2 N–H and O–H groups in total. The van der Waals surface area contributed by atoms with Crippen molar-refractivity contribution >= 4 is 49.8 Å². The predicted molar refractivity (Wildman–Crippen MR) is 115 cm³/mol. The second kappa shape index (κ2) is 8.34. The number of aromatic nitrogens is 1. The zero-order chi connectivity index (χ0) is 20.3. The van der Waals surface area contributed by atoms with Gasteiger partial charge in [0.05, 0.1) is 10.6 Å². The maximum absolute atomic E-state index is 12.6. The normalized spacial score (nSPS) is 11.2. The SMILES string of the molecule is CSc1cccc(NC(=O)c2sc(NS(=O)(=O)c3ccc(C)cc3)nc2C)c1. The number of rotatable bonds is 6. The molecule has 0 spiro atoms. The van der Waals surface area contributed by atoms with Crippen LogP contribution < -0.4 is 10.0 Å². The van der Waals surface area contributed by atoms with Gasteiger partial charge in [0, 0.05) is 10.6 Å². The summed E-state index contributed by atoms with van der Waals surface area (Å²) in [7, 11) is -3.76. The minimum Gasteiger partial charge on any atom is -0.321 e. The van der Waals surface area contributed by atoms with E-state index in [0.29, 0.717) is 16.3 Å². The van der Waals surface area contributed by atoms with E-state index in [1.807, 2.05) is 31.4 Å². The number of thiazole rings is 1. The van der Waals surface area contributed by atoms with E-state index in [0.717, 1.165) is 21.8 Å². The molecule has 3 rings (SSSR count). The fraction of sp³-hybridized carbons (Fsp3) is 0.158. The standard InChI is InChI=1S/C19H19N3O3S3/c1-12-7-9-16(10-8-12)28(24,25)22-19-20-13(2)17(27-19)18(23)21-14-5-4-6-15(11-14)26-3/h4-11H,1-3H3,(H,20,22)(H,21,23). The van der Waals surface area contributed by atoms with E-state index < -0.39 is 10.0 Å². The van der Waals surface area contributed by atoms with Crippen LogP contribution in [0.3, 0.4) is 0 Å². The summed E-state index contributed by atoms with van der Waals surface area (Å²) in [6.45, 7) is 3.56. The molecule has 28 heavy (non-hydrogen) atoms. The Balaban J connectivity index is 1.78. The Kier molecular flexibility index (Phi) is 6.07. The first kappa shape index (κ1) is 20.4. The molecule has 0 saturated carbocycles. The minimum atomic E-state index is -3.76. The maximum Gasteiger partial charge on any atom is 0.267 e. The third-order valence-corrected chi connectivity index (χ3v) is 7.16. The molecular formula is C19H19N3O3S3. The highest BCUT2D eigenvalue weighted by Crippen LogP contribution is 2.27. The third kappa shape index (κ3) is 4.73. The molecular weight excluding hydrogens is 414 g/mol. The van der Waals surface area contributed by atoms with Crippen molar-refractivity contribution in [1.82, 2.24) is 4.98 Å². The van der Waals surface area contributed by atoms with Crippen molar-refractivity contribution in [2.24, 2.45) is 0 Å². The fourth-order valence-electron chi connectivity index (χ4n) is 2.43. The van der Waals surface area contributed by atoms with Crippen molar-refractivity contribution in [2.75, 3.05) is 16.3 Å². The van der Waals surface area contributed by atoms with Crippen molar-refractivity contribution in [2.45, 2.75) is 23.6 Å². The van der Waals surface area contributed by atoms with Gasteiger partial charge in [-0.3, -0.25) is 9.52 Å². The number of thioether (sulfide) groups is 1. The van der Waals surface area contributed by atoms with Gasteiger partial charge in [0.1, 0.15) is 4.88 Å². The lowest BCUT2D eigenvalue weighted by Gasteiger charge is -2.06. The largest absolute Gasteiger partial charge is 0.321 e. The number of nitrogens with one attached hydrogen (secondary N) is 2. The van der Waals surface area contributed by atoms with Gasteiger partial charge in [-0.15, -0.1) is 11.8 Å². The molecule has 0 aliphatic carbocycles. The van der Waals surface area contributed by atoms with E-state index >= 15 is 0 Å². The molecule has 0 radical (unpaired) electrons. The van der Waals surface area contributed by atoms with E-state index in [-0.39, 0.29) is 15.9 Å². The van der Waals surface area contributed by atoms with Gasteiger partial charge in [-0.1, -0.05) is 35.1 Å². The highest BCUT2D eigenvalue weighted by molar-refractivity contribution is 7.98. The molecule has 2 aromatic carbocycles. The van der Waals surface area contributed by atoms with E-state index in [4.69, 9.17) is 0 Å². The Morgan fingerprint density at radius 2 is 1.82 bits per heavy atom. The Morgan fingerprint density at radius 1 is 1.11 bits per heavy atom. The molecule has 3 aromatic rings. The first-order chi connectivity index (χ1) is 13.3. The summed E-state index contributed by atoms with van der Waals surface area (Å²) >= 11 is 2.58. The minimum absolute atomic E-state index is 0.144. The van der Waals surface area contributed by atoms with Gasteiger partial charge in [0.2, 0.25) is 0 Å².